The van der Waals surface area contributed by atoms with Gasteiger partial charge >= 0.3 is 0 Å². The summed E-state index contributed by atoms with van der Waals surface area (Å²) < 4.78 is 19.0. The Bertz CT molecular complexity index is 705. The number of benzene rings is 1. The topological polar surface area (TPSA) is 16.4 Å². The van der Waals surface area contributed by atoms with Crippen molar-refractivity contribution in [2.45, 2.75) is 32.2 Å². The molecule has 22 heavy (non-hydrogen) atoms. The Morgan fingerprint density at radius 2 is 2.23 bits per heavy atom. The number of nitrogens with zero attached hydrogens (tertiary/aromatic N) is 1. The van der Waals surface area contributed by atoms with Crippen LogP contribution in [0.3, 0.4) is 0 Å². The van der Waals surface area contributed by atoms with E-state index in [-0.39, 0.29) is 5.82 Å². The summed E-state index contributed by atoms with van der Waals surface area (Å²) in [5.74, 6) is 1.32. The van der Waals surface area contributed by atoms with Crippen molar-refractivity contribution in [3.8, 4) is 0 Å². The molecule has 0 N–H and O–H groups in total. The molecule has 1 fully saturated rings. The van der Waals surface area contributed by atoms with Gasteiger partial charge in [0, 0.05) is 24.5 Å². The van der Waals surface area contributed by atoms with E-state index < -0.39 is 0 Å². The quantitative estimate of drug-likeness (QED) is 0.778. The summed E-state index contributed by atoms with van der Waals surface area (Å²) in [6.07, 6.45) is 10.1. The molecule has 2 bridgehead atoms. The summed E-state index contributed by atoms with van der Waals surface area (Å²) in [6, 6.07) is 5.35. The average molecular weight is 299 g/mol. The number of fused-ring (bicyclic) bond motifs is 3. The predicted octanol–water partition coefficient (Wildman–Crippen LogP) is 4.40. The van der Waals surface area contributed by atoms with Crippen molar-refractivity contribution in [1.82, 2.24) is 4.90 Å². The molecule has 3 heteroatoms. The van der Waals surface area contributed by atoms with Crippen molar-refractivity contribution >= 4 is 11.0 Å². The van der Waals surface area contributed by atoms with E-state index in [0.717, 1.165) is 35.4 Å². The van der Waals surface area contributed by atoms with E-state index in [1.54, 1.807) is 18.4 Å². The number of halogens is 1. The lowest BCUT2D eigenvalue weighted by atomic mass is 9.76. The van der Waals surface area contributed by atoms with Crippen LogP contribution in [-0.4, -0.2) is 24.0 Å². The van der Waals surface area contributed by atoms with Crippen LogP contribution in [0.5, 0.6) is 0 Å². The van der Waals surface area contributed by atoms with E-state index in [1.807, 2.05) is 0 Å². The lowest BCUT2D eigenvalue weighted by Crippen LogP contribution is -2.50. The molecule has 0 spiro atoms. The highest BCUT2D eigenvalue weighted by Crippen LogP contribution is 2.36. The second kappa shape index (κ2) is 5.54. The van der Waals surface area contributed by atoms with Crippen molar-refractivity contribution in [2.75, 3.05) is 13.1 Å². The van der Waals surface area contributed by atoms with Crippen LogP contribution in [0.2, 0.25) is 0 Å². The summed E-state index contributed by atoms with van der Waals surface area (Å²) in [4.78, 5) is 2.60. The Morgan fingerprint density at radius 1 is 1.32 bits per heavy atom. The minimum absolute atomic E-state index is 0.193. The second-order valence-corrected chi connectivity index (χ2v) is 6.69. The SMILES string of the molecule is CCC1CC2C=CC1N(CCc1coc3ccc(F)cc13)C2. The molecule has 116 valence electrons. The number of hydrogen-bond acceptors (Lipinski definition) is 2. The molecule has 0 amide bonds. The third-order valence-corrected chi connectivity index (χ3v) is 5.37. The highest BCUT2D eigenvalue weighted by molar-refractivity contribution is 5.81. The van der Waals surface area contributed by atoms with Crippen LogP contribution in [0, 0.1) is 17.7 Å². The third-order valence-electron chi connectivity index (χ3n) is 5.37. The van der Waals surface area contributed by atoms with Gasteiger partial charge in [-0.3, -0.25) is 4.90 Å². The molecule has 0 saturated carbocycles. The van der Waals surface area contributed by atoms with E-state index in [0.29, 0.717) is 12.0 Å². The van der Waals surface area contributed by atoms with Crippen LogP contribution in [0.15, 0.2) is 41.0 Å². The zero-order valence-electron chi connectivity index (χ0n) is 13.0. The first-order valence-electron chi connectivity index (χ1n) is 8.32. The molecular formula is C19H22FNO. The molecular weight excluding hydrogens is 277 g/mol. The standard InChI is InChI=1S/C19H22FNO/c1-2-14-9-13-3-5-18(14)21(11-13)8-7-15-12-22-19-6-4-16(20)10-17(15)19/h3-6,10,12-14,18H,2,7-9,11H2,1H3. The van der Waals surface area contributed by atoms with Gasteiger partial charge in [-0.1, -0.05) is 25.5 Å². The summed E-state index contributed by atoms with van der Waals surface area (Å²) in [6.45, 7) is 4.48. The molecule has 2 nitrogen and oxygen atoms in total. The van der Waals surface area contributed by atoms with Crippen LogP contribution >= 0.6 is 0 Å². The fourth-order valence-electron chi connectivity index (χ4n) is 4.17. The van der Waals surface area contributed by atoms with E-state index in [1.165, 1.54) is 25.5 Å². The number of piperidine rings is 1. The molecule has 1 aromatic heterocycles. The van der Waals surface area contributed by atoms with Gasteiger partial charge in [0.15, 0.2) is 0 Å². The van der Waals surface area contributed by atoms with Crippen LogP contribution in [0.1, 0.15) is 25.3 Å². The molecule has 3 aliphatic rings. The summed E-state index contributed by atoms with van der Waals surface area (Å²) in [5, 5.41) is 0.921. The van der Waals surface area contributed by atoms with Gasteiger partial charge in [-0.25, -0.2) is 4.39 Å². The highest BCUT2D eigenvalue weighted by Gasteiger charge is 2.35. The minimum atomic E-state index is -0.193. The van der Waals surface area contributed by atoms with Crippen LogP contribution < -0.4 is 0 Å². The fourth-order valence-corrected chi connectivity index (χ4v) is 4.17. The molecule has 3 heterocycles. The maximum Gasteiger partial charge on any atom is 0.134 e. The number of rotatable bonds is 4. The highest BCUT2D eigenvalue weighted by atomic mass is 19.1. The normalized spacial score (nSPS) is 27.8. The van der Waals surface area contributed by atoms with Gasteiger partial charge < -0.3 is 4.42 Å². The Morgan fingerprint density at radius 3 is 3.05 bits per heavy atom. The molecule has 1 saturated heterocycles. The zero-order valence-corrected chi connectivity index (χ0v) is 13.0. The fraction of sp³-hybridized carbons (Fsp3) is 0.474. The second-order valence-electron chi connectivity index (χ2n) is 6.69. The Labute approximate surface area is 130 Å². The Balaban J connectivity index is 1.50. The van der Waals surface area contributed by atoms with Crippen molar-refractivity contribution in [3.63, 3.8) is 0 Å². The van der Waals surface area contributed by atoms with Crippen molar-refractivity contribution in [2.24, 2.45) is 11.8 Å². The molecule has 0 radical (unpaired) electrons. The summed E-state index contributed by atoms with van der Waals surface area (Å²) in [5.41, 5.74) is 1.90. The number of hydrogen-bond donors (Lipinski definition) is 0. The molecule has 5 rings (SSSR count). The van der Waals surface area contributed by atoms with Gasteiger partial charge in [-0.05, 0) is 48.4 Å². The molecule has 1 aliphatic carbocycles. The summed E-state index contributed by atoms with van der Waals surface area (Å²) in [7, 11) is 0. The lowest BCUT2D eigenvalue weighted by molar-refractivity contribution is 0.0826. The minimum Gasteiger partial charge on any atom is -0.464 e. The molecule has 2 aliphatic heterocycles. The van der Waals surface area contributed by atoms with E-state index in [2.05, 4.69) is 24.0 Å². The van der Waals surface area contributed by atoms with Gasteiger partial charge in [-0.2, -0.15) is 0 Å². The van der Waals surface area contributed by atoms with E-state index in [9.17, 15) is 4.39 Å². The first kappa shape index (κ1) is 14.0. The number of furan rings is 1. The van der Waals surface area contributed by atoms with Gasteiger partial charge in [0.2, 0.25) is 0 Å². The maximum atomic E-state index is 13.4. The van der Waals surface area contributed by atoms with Crippen molar-refractivity contribution in [3.05, 3.63) is 48.0 Å². The molecule has 1 aromatic carbocycles. The first-order chi connectivity index (χ1) is 10.7. The lowest BCUT2D eigenvalue weighted by Gasteiger charge is -2.46. The largest absolute Gasteiger partial charge is 0.464 e. The van der Waals surface area contributed by atoms with Crippen LogP contribution in [0.25, 0.3) is 11.0 Å². The van der Waals surface area contributed by atoms with Crippen molar-refractivity contribution < 1.29 is 8.81 Å². The Kier molecular flexibility index (Phi) is 3.53. The Hall–Kier alpha value is -1.61. The first-order valence-corrected chi connectivity index (χ1v) is 8.32. The molecule has 3 unspecified atom stereocenters. The van der Waals surface area contributed by atoms with Gasteiger partial charge in [0.25, 0.3) is 0 Å². The third kappa shape index (κ3) is 2.38. The van der Waals surface area contributed by atoms with E-state index in [4.69, 9.17) is 4.42 Å². The monoisotopic (exact) mass is 299 g/mol. The summed E-state index contributed by atoms with van der Waals surface area (Å²) >= 11 is 0. The maximum absolute atomic E-state index is 13.4. The molecule has 3 atom stereocenters. The predicted molar refractivity (Wildman–Crippen MR) is 86.3 cm³/mol. The van der Waals surface area contributed by atoms with Gasteiger partial charge in [-0.15, -0.1) is 0 Å². The van der Waals surface area contributed by atoms with Crippen LogP contribution in [-0.2, 0) is 6.42 Å². The van der Waals surface area contributed by atoms with Gasteiger partial charge in [0.1, 0.15) is 11.4 Å². The van der Waals surface area contributed by atoms with Crippen molar-refractivity contribution in [1.29, 1.82) is 0 Å². The van der Waals surface area contributed by atoms with E-state index >= 15 is 0 Å². The average Bonchev–Trinajstić information content (AvgIpc) is 2.95. The molecule has 2 aromatic rings. The smallest absolute Gasteiger partial charge is 0.134 e. The zero-order chi connectivity index (χ0) is 15.1. The van der Waals surface area contributed by atoms with Crippen LogP contribution in [0.4, 0.5) is 4.39 Å². The van der Waals surface area contributed by atoms with Gasteiger partial charge in [0.05, 0.1) is 6.26 Å².